The minimum atomic E-state index is 0.226. The zero-order valence-electron chi connectivity index (χ0n) is 15.5. The predicted molar refractivity (Wildman–Crippen MR) is 101 cm³/mol. The lowest BCUT2D eigenvalue weighted by Gasteiger charge is -2.15. The van der Waals surface area contributed by atoms with Crippen molar-refractivity contribution in [3.05, 3.63) is 63.9 Å². The van der Waals surface area contributed by atoms with E-state index in [-0.39, 0.29) is 6.61 Å². The number of hydrogen-bond donors (Lipinski definition) is 1. The van der Waals surface area contributed by atoms with Gasteiger partial charge >= 0.3 is 0 Å². The summed E-state index contributed by atoms with van der Waals surface area (Å²) in [6.45, 7) is 9.06. The molecule has 0 bridgehead atoms. The van der Waals surface area contributed by atoms with Crippen LogP contribution in [-0.4, -0.2) is 11.7 Å². The number of furan rings is 1. The number of ether oxygens (including phenoxy) is 1. The first kappa shape index (κ1) is 17.6. The Morgan fingerprint density at radius 3 is 2.48 bits per heavy atom. The Kier molecular flexibility index (Phi) is 5.14. The van der Waals surface area contributed by atoms with E-state index in [1.54, 1.807) is 0 Å². The third-order valence-electron chi connectivity index (χ3n) is 5.12. The summed E-state index contributed by atoms with van der Waals surface area (Å²) in [7, 11) is 0. The summed E-state index contributed by atoms with van der Waals surface area (Å²) in [5.74, 6) is 1.88. The Morgan fingerprint density at radius 1 is 0.920 bits per heavy atom. The summed E-state index contributed by atoms with van der Waals surface area (Å²) < 4.78 is 12.0. The van der Waals surface area contributed by atoms with Gasteiger partial charge in [0, 0.05) is 17.6 Å². The molecule has 132 valence electrons. The van der Waals surface area contributed by atoms with E-state index in [4.69, 9.17) is 14.3 Å². The van der Waals surface area contributed by atoms with Crippen molar-refractivity contribution in [3.63, 3.8) is 0 Å². The second-order valence-corrected chi connectivity index (χ2v) is 6.66. The molecule has 3 rings (SSSR count). The summed E-state index contributed by atoms with van der Waals surface area (Å²) >= 11 is 0. The van der Waals surface area contributed by atoms with Gasteiger partial charge in [0.05, 0.1) is 0 Å². The predicted octanol–water partition coefficient (Wildman–Crippen LogP) is 5.17. The highest BCUT2D eigenvalue weighted by molar-refractivity contribution is 5.85. The van der Waals surface area contributed by atoms with Crippen LogP contribution in [0.3, 0.4) is 0 Å². The van der Waals surface area contributed by atoms with E-state index < -0.39 is 0 Å². The molecule has 0 saturated heterocycles. The molecule has 0 aliphatic rings. The zero-order chi connectivity index (χ0) is 18.0. The minimum absolute atomic E-state index is 0.226. The quantitative estimate of drug-likeness (QED) is 0.674. The Balaban J connectivity index is 1.84. The van der Waals surface area contributed by atoms with Crippen molar-refractivity contribution in [1.82, 2.24) is 0 Å². The van der Waals surface area contributed by atoms with Gasteiger partial charge in [0.25, 0.3) is 0 Å². The first-order chi connectivity index (χ1) is 12.0. The smallest absolute Gasteiger partial charge is 0.134 e. The van der Waals surface area contributed by atoms with E-state index in [0.717, 1.165) is 40.9 Å². The Bertz CT molecular complexity index is 890. The summed E-state index contributed by atoms with van der Waals surface area (Å²) in [5.41, 5.74) is 6.95. The van der Waals surface area contributed by atoms with E-state index >= 15 is 0 Å². The van der Waals surface area contributed by atoms with Gasteiger partial charge in [-0.2, -0.15) is 0 Å². The first-order valence-corrected chi connectivity index (χ1v) is 8.83. The average Bonchev–Trinajstić information content (AvgIpc) is 2.90. The number of hydrogen-bond acceptors (Lipinski definition) is 3. The second-order valence-electron chi connectivity index (χ2n) is 6.66. The fourth-order valence-corrected chi connectivity index (χ4v) is 3.33. The van der Waals surface area contributed by atoms with Crippen LogP contribution in [0.2, 0.25) is 0 Å². The second kappa shape index (κ2) is 7.32. The van der Waals surface area contributed by atoms with Gasteiger partial charge in [-0.25, -0.2) is 0 Å². The molecule has 0 radical (unpaired) electrons. The van der Waals surface area contributed by atoms with E-state index in [2.05, 4.69) is 32.9 Å². The van der Waals surface area contributed by atoms with Crippen molar-refractivity contribution in [2.45, 2.75) is 47.1 Å². The molecule has 1 heterocycles. The molecule has 2 aromatic carbocycles. The fraction of sp³-hybridized carbons (Fsp3) is 0.364. The molecule has 25 heavy (non-hydrogen) atoms. The monoisotopic (exact) mass is 338 g/mol. The topological polar surface area (TPSA) is 42.6 Å². The minimum Gasteiger partial charge on any atom is -0.489 e. The third-order valence-corrected chi connectivity index (χ3v) is 5.12. The largest absolute Gasteiger partial charge is 0.489 e. The van der Waals surface area contributed by atoms with Crippen molar-refractivity contribution in [3.8, 4) is 5.75 Å². The average molecular weight is 338 g/mol. The van der Waals surface area contributed by atoms with Gasteiger partial charge in [-0.3, -0.25) is 0 Å². The van der Waals surface area contributed by atoms with Crippen molar-refractivity contribution >= 4 is 11.0 Å². The highest BCUT2D eigenvalue weighted by atomic mass is 16.5. The van der Waals surface area contributed by atoms with Crippen LogP contribution in [0.1, 0.15) is 40.0 Å². The van der Waals surface area contributed by atoms with Crippen molar-refractivity contribution in [2.75, 3.05) is 6.61 Å². The molecule has 1 N–H and O–H groups in total. The molecule has 3 heteroatoms. The Labute approximate surface area is 149 Å². The zero-order valence-corrected chi connectivity index (χ0v) is 15.5. The molecule has 0 aliphatic carbocycles. The Morgan fingerprint density at radius 2 is 1.72 bits per heavy atom. The lowest BCUT2D eigenvalue weighted by Crippen LogP contribution is -2.01. The molecule has 0 unspecified atom stereocenters. The van der Waals surface area contributed by atoms with Crippen molar-refractivity contribution in [2.24, 2.45) is 0 Å². The SMILES string of the molecule is Cc1oc2cccc(COc3ccc(CCCO)c(C)c3C)c2c1C. The molecule has 0 amide bonds. The van der Waals surface area contributed by atoms with Crippen LogP contribution in [0.5, 0.6) is 5.75 Å². The molecule has 3 nitrogen and oxygen atoms in total. The van der Waals surface area contributed by atoms with Crippen LogP contribution in [0.25, 0.3) is 11.0 Å². The summed E-state index contributed by atoms with van der Waals surface area (Å²) in [6.07, 6.45) is 1.69. The molecule has 0 saturated carbocycles. The molecule has 3 aromatic rings. The highest BCUT2D eigenvalue weighted by Crippen LogP contribution is 2.30. The summed E-state index contributed by atoms with van der Waals surface area (Å²) in [6, 6.07) is 10.3. The van der Waals surface area contributed by atoms with Crippen LogP contribution in [-0.2, 0) is 13.0 Å². The summed E-state index contributed by atoms with van der Waals surface area (Å²) in [4.78, 5) is 0. The van der Waals surface area contributed by atoms with E-state index in [1.165, 1.54) is 22.3 Å². The van der Waals surface area contributed by atoms with Crippen LogP contribution in [0, 0.1) is 27.7 Å². The summed E-state index contributed by atoms with van der Waals surface area (Å²) in [5, 5.41) is 10.2. The molecule has 0 aliphatic heterocycles. The molecule has 0 spiro atoms. The normalized spacial score (nSPS) is 11.2. The highest BCUT2D eigenvalue weighted by Gasteiger charge is 2.13. The van der Waals surface area contributed by atoms with E-state index in [9.17, 15) is 0 Å². The maximum Gasteiger partial charge on any atom is 0.134 e. The molecule has 1 aromatic heterocycles. The number of aliphatic hydroxyl groups is 1. The lowest BCUT2D eigenvalue weighted by atomic mass is 9.99. The number of aliphatic hydroxyl groups excluding tert-OH is 1. The van der Waals surface area contributed by atoms with Crippen molar-refractivity contribution in [1.29, 1.82) is 0 Å². The number of aryl methyl sites for hydroxylation is 3. The number of rotatable bonds is 6. The van der Waals surface area contributed by atoms with Gasteiger partial charge in [-0.1, -0.05) is 18.2 Å². The van der Waals surface area contributed by atoms with Gasteiger partial charge in [0.15, 0.2) is 0 Å². The molecular formula is C22H26O3. The number of fused-ring (bicyclic) bond motifs is 1. The van der Waals surface area contributed by atoms with Crippen LogP contribution >= 0.6 is 0 Å². The first-order valence-electron chi connectivity index (χ1n) is 8.83. The van der Waals surface area contributed by atoms with E-state index in [1.807, 2.05) is 25.1 Å². The van der Waals surface area contributed by atoms with Crippen LogP contribution < -0.4 is 4.74 Å². The van der Waals surface area contributed by atoms with Gasteiger partial charge in [0.2, 0.25) is 0 Å². The maximum absolute atomic E-state index is 9.03. The standard InChI is InChI=1S/C22H26O3/c1-14-15(2)20(11-10-18(14)8-6-12-23)24-13-19-7-5-9-21-22(19)16(3)17(4)25-21/h5,7,9-11,23H,6,8,12-13H2,1-4H3. The molecule has 0 atom stereocenters. The van der Waals surface area contributed by atoms with Crippen LogP contribution in [0.4, 0.5) is 0 Å². The van der Waals surface area contributed by atoms with Crippen molar-refractivity contribution < 1.29 is 14.3 Å². The maximum atomic E-state index is 9.03. The third kappa shape index (κ3) is 3.42. The molecular weight excluding hydrogens is 312 g/mol. The van der Waals surface area contributed by atoms with Gasteiger partial charge in [0.1, 0.15) is 23.7 Å². The fourth-order valence-electron chi connectivity index (χ4n) is 3.33. The number of benzene rings is 2. The molecule has 0 fully saturated rings. The van der Waals surface area contributed by atoms with Gasteiger partial charge in [-0.05, 0) is 74.9 Å². The van der Waals surface area contributed by atoms with Crippen LogP contribution in [0.15, 0.2) is 34.7 Å². The van der Waals surface area contributed by atoms with Gasteiger partial charge < -0.3 is 14.3 Å². The van der Waals surface area contributed by atoms with E-state index in [0.29, 0.717) is 6.61 Å². The van der Waals surface area contributed by atoms with Gasteiger partial charge in [-0.15, -0.1) is 0 Å². The Hall–Kier alpha value is -2.26. The lowest BCUT2D eigenvalue weighted by molar-refractivity contribution is 0.288.